The molecule has 2 saturated heterocycles. The van der Waals surface area contributed by atoms with Gasteiger partial charge in [0.05, 0.1) is 13.2 Å². The zero-order valence-corrected chi connectivity index (χ0v) is 11.8. The first-order valence-electron chi connectivity index (χ1n) is 7.05. The molecule has 0 aromatic carbocycles. The van der Waals surface area contributed by atoms with Gasteiger partial charge in [-0.15, -0.1) is 0 Å². The molecule has 7 nitrogen and oxygen atoms in total. The average molecular weight is 283 g/mol. The van der Waals surface area contributed by atoms with E-state index in [4.69, 9.17) is 4.74 Å². The third-order valence-corrected chi connectivity index (χ3v) is 3.57. The van der Waals surface area contributed by atoms with Gasteiger partial charge in [-0.1, -0.05) is 6.92 Å². The predicted molar refractivity (Wildman–Crippen MR) is 70.9 cm³/mol. The SMILES string of the molecule is CCCOC[C@H]1CCN(C(=O)CN2C(=O)CNC2=O)C1. The lowest BCUT2D eigenvalue weighted by molar-refractivity contribution is -0.135. The van der Waals surface area contributed by atoms with Crippen molar-refractivity contribution < 1.29 is 19.1 Å². The van der Waals surface area contributed by atoms with Crippen LogP contribution in [-0.4, -0.2) is 67.0 Å². The molecule has 2 fully saturated rings. The number of carbonyl (C=O) groups excluding carboxylic acids is 3. The summed E-state index contributed by atoms with van der Waals surface area (Å²) < 4.78 is 5.50. The van der Waals surface area contributed by atoms with Crippen LogP contribution in [0, 0.1) is 5.92 Å². The second-order valence-electron chi connectivity index (χ2n) is 5.21. The van der Waals surface area contributed by atoms with Crippen LogP contribution in [0.1, 0.15) is 19.8 Å². The van der Waals surface area contributed by atoms with E-state index in [1.807, 2.05) is 0 Å². The molecule has 1 atom stereocenters. The van der Waals surface area contributed by atoms with Crippen molar-refractivity contribution in [3.8, 4) is 0 Å². The van der Waals surface area contributed by atoms with E-state index in [-0.39, 0.29) is 24.9 Å². The number of carbonyl (C=O) groups is 3. The van der Waals surface area contributed by atoms with Crippen LogP contribution < -0.4 is 5.32 Å². The Kier molecular flexibility index (Phi) is 4.94. The smallest absolute Gasteiger partial charge is 0.325 e. The van der Waals surface area contributed by atoms with E-state index >= 15 is 0 Å². The van der Waals surface area contributed by atoms with Crippen LogP contribution in [-0.2, 0) is 14.3 Å². The standard InChI is InChI=1S/C13H21N3O4/c1-2-5-20-9-10-3-4-15(7-10)12(18)8-16-11(17)6-14-13(16)19/h10H,2-9H2,1H3,(H,14,19)/t10-/m0/s1. The Balaban J connectivity index is 1.76. The van der Waals surface area contributed by atoms with Crippen LogP contribution in [0.4, 0.5) is 4.79 Å². The Morgan fingerprint density at radius 3 is 2.90 bits per heavy atom. The maximum Gasteiger partial charge on any atom is 0.325 e. The van der Waals surface area contributed by atoms with E-state index in [0.717, 1.165) is 24.3 Å². The molecule has 112 valence electrons. The fourth-order valence-corrected chi connectivity index (χ4v) is 2.44. The van der Waals surface area contributed by atoms with E-state index in [1.165, 1.54) is 0 Å². The third kappa shape index (κ3) is 3.47. The maximum atomic E-state index is 12.1. The molecular weight excluding hydrogens is 262 g/mol. The van der Waals surface area contributed by atoms with Crippen LogP contribution in [0.5, 0.6) is 0 Å². The molecule has 2 aliphatic rings. The number of ether oxygens (including phenoxy) is 1. The highest BCUT2D eigenvalue weighted by Crippen LogP contribution is 2.17. The highest BCUT2D eigenvalue weighted by atomic mass is 16.5. The van der Waals surface area contributed by atoms with Crippen molar-refractivity contribution in [1.82, 2.24) is 15.1 Å². The summed E-state index contributed by atoms with van der Waals surface area (Å²) in [5.74, 6) is -0.160. The Morgan fingerprint density at radius 1 is 1.45 bits per heavy atom. The molecule has 0 radical (unpaired) electrons. The molecule has 0 aromatic heterocycles. The molecular formula is C13H21N3O4. The van der Waals surface area contributed by atoms with Crippen molar-refractivity contribution in [2.24, 2.45) is 5.92 Å². The molecule has 4 amide bonds. The highest BCUT2D eigenvalue weighted by molar-refractivity contribution is 6.04. The zero-order chi connectivity index (χ0) is 14.5. The second-order valence-corrected chi connectivity index (χ2v) is 5.21. The first-order chi connectivity index (χ1) is 9.61. The lowest BCUT2D eigenvalue weighted by Crippen LogP contribution is -2.42. The third-order valence-electron chi connectivity index (χ3n) is 3.57. The van der Waals surface area contributed by atoms with Crippen LogP contribution in [0.3, 0.4) is 0 Å². The van der Waals surface area contributed by atoms with Gasteiger partial charge >= 0.3 is 6.03 Å². The van der Waals surface area contributed by atoms with Gasteiger partial charge in [-0.05, 0) is 12.8 Å². The summed E-state index contributed by atoms with van der Waals surface area (Å²) in [4.78, 5) is 37.6. The van der Waals surface area contributed by atoms with E-state index < -0.39 is 6.03 Å². The molecule has 1 N–H and O–H groups in total. The summed E-state index contributed by atoms with van der Waals surface area (Å²) in [5.41, 5.74) is 0. The quantitative estimate of drug-likeness (QED) is 0.541. The molecule has 0 aliphatic carbocycles. The molecule has 2 heterocycles. The maximum absolute atomic E-state index is 12.1. The molecule has 20 heavy (non-hydrogen) atoms. The van der Waals surface area contributed by atoms with Crippen molar-refractivity contribution in [2.75, 3.05) is 39.4 Å². The fourth-order valence-electron chi connectivity index (χ4n) is 2.44. The minimum Gasteiger partial charge on any atom is -0.381 e. The summed E-state index contributed by atoms with van der Waals surface area (Å²) in [6.45, 7) is 4.61. The van der Waals surface area contributed by atoms with Gasteiger partial charge in [0, 0.05) is 25.6 Å². The number of amides is 4. The fraction of sp³-hybridized carbons (Fsp3) is 0.769. The van der Waals surface area contributed by atoms with E-state index in [1.54, 1.807) is 4.90 Å². The number of likely N-dealkylation sites (tertiary alicyclic amines) is 1. The van der Waals surface area contributed by atoms with Crippen molar-refractivity contribution in [3.63, 3.8) is 0 Å². The number of hydrogen-bond donors (Lipinski definition) is 1. The number of rotatable bonds is 6. The lowest BCUT2D eigenvalue weighted by Gasteiger charge is -2.19. The predicted octanol–water partition coefficient (Wildman–Crippen LogP) is -0.187. The first kappa shape index (κ1) is 14.8. The molecule has 0 unspecified atom stereocenters. The molecule has 0 saturated carbocycles. The summed E-state index contributed by atoms with van der Waals surface area (Å²) in [5, 5.41) is 2.41. The van der Waals surface area contributed by atoms with Gasteiger partial charge in [0.15, 0.2) is 0 Å². The molecule has 0 aromatic rings. The summed E-state index contributed by atoms with van der Waals surface area (Å²) in [6, 6.07) is -0.481. The zero-order valence-electron chi connectivity index (χ0n) is 11.8. The van der Waals surface area contributed by atoms with Crippen molar-refractivity contribution in [3.05, 3.63) is 0 Å². The number of imide groups is 1. The monoisotopic (exact) mass is 283 g/mol. The van der Waals surface area contributed by atoms with E-state index in [9.17, 15) is 14.4 Å². The normalized spacial score (nSPS) is 22.6. The lowest BCUT2D eigenvalue weighted by atomic mass is 10.1. The molecule has 2 rings (SSSR count). The molecule has 7 heteroatoms. The van der Waals surface area contributed by atoms with Gasteiger partial charge in [0.1, 0.15) is 6.54 Å². The van der Waals surface area contributed by atoms with Gasteiger partial charge in [0.25, 0.3) is 5.91 Å². The Hall–Kier alpha value is -1.63. The number of hydrogen-bond acceptors (Lipinski definition) is 4. The number of nitrogens with zero attached hydrogens (tertiary/aromatic N) is 2. The molecule has 0 bridgehead atoms. The van der Waals surface area contributed by atoms with Crippen LogP contribution >= 0.6 is 0 Å². The van der Waals surface area contributed by atoms with Crippen LogP contribution in [0.15, 0.2) is 0 Å². The summed E-state index contributed by atoms with van der Waals surface area (Å²) in [7, 11) is 0. The van der Waals surface area contributed by atoms with E-state index in [2.05, 4.69) is 12.2 Å². The average Bonchev–Trinajstić information content (AvgIpc) is 3.01. The van der Waals surface area contributed by atoms with Gasteiger partial charge in [0.2, 0.25) is 5.91 Å². The van der Waals surface area contributed by atoms with Crippen molar-refractivity contribution in [1.29, 1.82) is 0 Å². The highest BCUT2D eigenvalue weighted by Gasteiger charge is 2.33. The van der Waals surface area contributed by atoms with Crippen LogP contribution in [0.25, 0.3) is 0 Å². The van der Waals surface area contributed by atoms with Crippen LogP contribution in [0.2, 0.25) is 0 Å². The topological polar surface area (TPSA) is 79.0 Å². The number of urea groups is 1. The number of nitrogens with one attached hydrogen (secondary N) is 1. The van der Waals surface area contributed by atoms with Crippen molar-refractivity contribution in [2.45, 2.75) is 19.8 Å². The molecule has 0 spiro atoms. The van der Waals surface area contributed by atoms with Gasteiger partial charge < -0.3 is 15.0 Å². The Labute approximate surface area is 118 Å². The van der Waals surface area contributed by atoms with E-state index in [0.29, 0.717) is 25.6 Å². The van der Waals surface area contributed by atoms with Crippen molar-refractivity contribution >= 4 is 17.8 Å². The van der Waals surface area contributed by atoms with Gasteiger partial charge in [-0.3, -0.25) is 14.5 Å². The second kappa shape index (κ2) is 6.69. The summed E-state index contributed by atoms with van der Waals surface area (Å²) >= 11 is 0. The minimum atomic E-state index is -0.481. The molecule has 2 aliphatic heterocycles. The Bertz CT molecular complexity index is 383. The largest absolute Gasteiger partial charge is 0.381 e. The Morgan fingerprint density at radius 2 is 2.25 bits per heavy atom. The van der Waals surface area contributed by atoms with Gasteiger partial charge in [-0.25, -0.2) is 4.79 Å². The van der Waals surface area contributed by atoms with Gasteiger partial charge in [-0.2, -0.15) is 0 Å². The summed E-state index contributed by atoms with van der Waals surface area (Å²) in [6.07, 6.45) is 1.90. The minimum absolute atomic E-state index is 0.0143. The first-order valence-corrected chi connectivity index (χ1v) is 7.05.